The zero-order valence-corrected chi connectivity index (χ0v) is 10.9. The van der Waals surface area contributed by atoms with Crippen LogP contribution in [-0.2, 0) is 10.7 Å². The fourth-order valence-corrected chi connectivity index (χ4v) is 3.43. The van der Waals surface area contributed by atoms with Crippen LogP contribution in [0.4, 0.5) is 0 Å². The molecule has 0 aliphatic rings. The molecule has 2 aromatic carbocycles. The van der Waals surface area contributed by atoms with Crippen molar-refractivity contribution >= 4 is 18.7 Å². The molecule has 1 atom stereocenters. The maximum absolute atomic E-state index is 12.4. The van der Waals surface area contributed by atoms with Crippen LogP contribution < -0.4 is 5.30 Å². The molecule has 2 aromatic rings. The van der Waals surface area contributed by atoms with Gasteiger partial charge >= 0.3 is 0 Å². The van der Waals surface area contributed by atoms with E-state index in [4.69, 9.17) is 0 Å². The fraction of sp³-hybridized carbons (Fsp3) is 0.0667. The van der Waals surface area contributed by atoms with E-state index in [1.807, 2.05) is 30.3 Å². The van der Waals surface area contributed by atoms with Gasteiger partial charge in [0.05, 0.1) is 6.16 Å². The van der Waals surface area contributed by atoms with Crippen molar-refractivity contribution in [3.8, 4) is 0 Å². The normalized spacial score (nSPS) is 13.8. The van der Waals surface area contributed by atoms with Gasteiger partial charge < -0.3 is 4.89 Å². The van der Waals surface area contributed by atoms with E-state index < -0.39 is 7.37 Å². The van der Waals surface area contributed by atoms with Gasteiger partial charge in [0.2, 0.25) is 7.37 Å². The van der Waals surface area contributed by atoms with Crippen molar-refractivity contribution in [2.45, 2.75) is 6.16 Å². The van der Waals surface area contributed by atoms with Crippen LogP contribution in [-0.4, -0.2) is 4.89 Å². The van der Waals surface area contributed by atoms with E-state index >= 15 is 0 Å². The van der Waals surface area contributed by atoms with Gasteiger partial charge in [-0.15, -0.1) is 0 Å². The first-order valence-corrected chi connectivity index (χ1v) is 7.56. The van der Waals surface area contributed by atoms with Crippen LogP contribution in [0.15, 0.2) is 61.2 Å². The summed E-state index contributed by atoms with van der Waals surface area (Å²) in [6.07, 6.45) is 1.85. The Balaban J connectivity index is 2.34. The average Bonchev–Trinajstić information content (AvgIpc) is 2.40. The van der Waals surface area contributed by atoms with E-state index in [2.05, 4.69) is 6.58 Å². The van der Waals surface area contributed by atoms with E-state index in [0.717, 1.165) is 11.1 Å². The summed E-state index contributed by atoms with van der Waals surface area (Å²) in [5.41, 5.74) is 1.75. The molecule has 0 amide bonds. The predicted octanol–water partition coefficient (Wildman–Crippen LogP) is 3.43. The Labute approximate surface area is 107 Å². The molecule has 2 rings (SSSR count). The van der Waals surface area contributed by atoms with Gasteiger partial charge in [0.25, 0.3) is 0 Å². The zero-order chi connectivity index (χ0) is 13.0. The highest BCUT2D eigenvalue weighted by molar-refractivity contribution is 7.65. The molecule has 92 valence electrons. The van der Waals surface area contributed by atoms with Gasteiger partial charge in [-0.3, -0.25) is 4.57 Å². The highest BCUT2D eigenvalue weighted by Crippen LogP contribution is 2.43. The van der Waals surface area contributed by atoms with E-state index in [1.165, 1.54) is 0 Å². The molecule has 1 unspecified atom stereocenters. The minimum absolute atomic E-state index is 0.138. The fourth-order valence-electron chi connectivity index (χ4n) is 1.86. The molecular weight excluding hydrogens is 243 g/mol. The first kappa shape index (κ1) is 12.8. The average molecular weight is 258 g/mol. The van der Waals surface area contributed by atoms with Gasteiger partial charge in [0.15, 0.2) is 0 Å². The van der Waals surface area contributed by atoms with Crippen LogP contribution >= 0.6 is 7.37 Å². The molecule has 0 aromatic heterocycles. The summed E-state index contributed by atoms with van der Waals surface area (Å²) in [4.78, 5) is 10.2. The molecule has 0 aliphatic heterocycles. The maximum atomic E-state index is 12.4. The Hall–Kier alpha value is -1.63. The SMILES string of the molecule is C=Cc1ccccc1CP(=O)(O)c1ccccc1. The van der Waals surface area contributed by atoms with Crippen LogP contribution in [0.3, 0.4) is 0 Å². The second-order valence-corrected chi connectivity index (χ2v) is 6.33. The van der Waals surface area contributed by atoms with E-state index in [9.17, 15) is 9.46 Å². The summed E-state index contributed by atoms with van der Waals surface area (Å²) >= 11 is 0. The van der Waals surface area contributed by atoms with Gasteiger partial charge in [-0.1, -0.05) is 55.1 Å². The molecule has 3 heteroatoms. The van der Waals surface area contributed by atoms with Crippen molar-refractivity contribution in [2.75, 3.05) is 0 Å². The van der Waals surface area contributed by atoms with Crippen molar-refractivity contribution < 1.29 is 9.46 Å². The molecule has 0 fully saturated rings. The molecule has 0 saturated heterocycles. The Morgan fingerprint density at radius 1 is 1.06 bits per heavy atom. The molecule has 0 radical (unpaired) electrons. The lowest BCUT2D eigenvalue weighted by Gasteiger charge is -2.13. The number of hydrogen-bond acceptors (Lipinski definition) is 1. The van der Waals surface area contributed by atoms with Crippen LogP contribution in [0.5, 0.6) is 0 Å². The van der Waals surface area contributed by atoms with Crippen LogP contribution in [0.25, 0.3) is 6.08 Å². The summed E-state index contributed by atoms with van der Waals surface area (Å²) in [6, 6.07) is 16.3. The number of rotatable bonds is 4. The van der Waals surface area contributed by atoms with Gasteiger partial charge in [-0.05, 0) is 23.3 Å². The Morgan fingerprint density at radius 2 is 1.67 bits per heavy atom. The molecule has 0 heterocycles. The molecule has 0 spiro atoms. The molecule has 0 aliphatic carbocycles. The lowest BCUT2D eigenvalue weighted by atomic mass is 10.1. The van der Waals surface area contributed by atoms with Crippen molar-refractivity contribution in [2.24, 2.45) is 0 Å². The Kier molecular flexibility index (Phi) is 3.81. The summed E-state index contributed by atoms with van der Waals surface area (Å²) in [5, 5.41) is 0.490. The zero-order valence-electron chi connectivity index (χ0n) is 9.99. The molecule has 2 nitrogen and oxygen atoms in total. The molecule has 0 saturated carbocycles. The van der Waals surface area contributed by atoms with Gasteiger partial charge in [-0.2, -0.15) is 0 Å². The monoisotopic (exact) mass is 258 g/mol. The van der Waals surface area contributed by atoms with Crippen LogP contribution in [0.2, 0.25) is 0 Å². The second kappa shape index (κ2) is 5.34. The van der Waals surface area contributed by atoms with Crippen molar-refractivity contribution in [1.29, 1.82) is 0 Å². The predicted molar refractivity (Wildman–Crippen MR) is 76.1 cm³/mol. The Bertz CT molecular complexity index is 590. The molecular formula is C15H15O2P. The number of benzene rings is 2. The Morgan fingerprint density at radius 3 is 2.33 bits per heavy atom. The standard InChI is InChI=1S/C15H15O2P/c1-2-13-8-6-7-9-14(13)12-18(16,17)15-10-4-3-5-11-15/h2-11H,1,12H2,(H,16,17). The molecule has 0 bridgehead atoms. The largest absolute Gasteiger partial charge is 0.341 e. The quantitative estimate of drug-likeness (QED) is 0.853. The van der Waals surface area contributed by atoms with Crippen LogP contribution in [0.1, 0.15) is 11.1 Å². The highest BCUT2D eigenvalue weighted by atomic mass is 31.2. The van der Waals surface area contributed by atoms with Gasteiger partial charge in [-0.25, -0.2) is 0 Å². The summed E-state index contributed by atoms with van der Waals surface area (Å²) in [5.74, 6) is 0. The third-order valence-electron chi connectivity index (χ3n) is 2.82. The lowest BCUT2D eigenvalue weighted by Crippen LogP contribution is -2.06. The highest BCUT2D eigenvalue weighted by Gasteiger charge is 2.22. The molecule has 18 heavy (non-hydrogen) atoms. The van der Waals surface area contributed by atoms with Gasteiger partial charge in [0.1, 0.15) is 0 Å². The van der Waals surface area contributed by atoms with Crippen LogP contribution in [0, 0.1) is 0 Å². The smallest absolute Gasteiger partial charge is 0.233 e. The van der Waals surface area contributed by atoms with Crippen molar-refractivity contribution in [1.82, 2.24) is 0 Å². The summed E-state index contributed by atoms with van der Waals surface area (Å²) in [6.45, 7) is 3.72. The van der Waals surface area contributed by atoms with E-state index in [-0.39, 0.29) is 6.16 Å². The third-order valence-corrected chi connectivity index (χ3v) is 4.69. The summed E-state index contributed by atoms with van der Waals surface area (Å²) in [7, 11) is -3.35. The second-order valence-electron chi connectivity index (χ2n) is 4.10. The van der Waals surface area contributed by atoms with E-state index in [1.54, 1.807) is 30.3 Å². The first-order chi connectivity index (χ1) is 8.63. The van der Waals surface area contributed by atoms with E-state index in [0.29, 0.717) is 5.30 Å². The minimum Gasteiger partial charge on any atom is -0.341 e. The number of hydrogen-bond donors (Lipinski definition) is 1. The summed E-state index contributed by atoms with van der Waals surface area (Å²) < 4.78 is 12.4. The van der Waals surface area contributed by atoms with Gasteiger partial charge in [0, 0.05) is 5.30 Å². The topological polar surface area (TPSA) is 37.3 Å². The maximum Gasteiger partial charge on any atom is 0.233 e. The lowest BCUT2D eigenvalue weighted by molar-refractivity contribution is 0.488. The van der Waals surface area contributed by atoms with Crippen molar-refractivity contribution in [3.63, 3.8) is 0 Å². The first-order valence-electron chi connectivity index (χ1n) is 5.71. The third kappa shape index (κ3) is 2.79. The van der Waals surface area contributed by atoms with Crippen molar-refractivity contribution in [3.05, 3.63) is 72.3 Å². The minimum atomic E-state index is -3.35. The molecule has 1 N–H and O–H groups in total.